The Kier molecular flexibility index (Phi) is 3.58. The molecule has 0 saturated carbocycles. The van der Waals surface area contributed by atoms with Gasteiger partial charge < -0.3 is 0 Å². The SMILES string of the molecule is Cc1c(F)ccc(-c2ncccc2-c2ccc3ncsc3c2)c1F. The highest BCUT2D eigenvalue weighted by atomic mass is 32.1. The molecule has 0 bridgehead atoms. The van der Waals surface area contributed by atoms with Crippen LogP contribution in [0.1, 0.15) is 5.56 Å². The van der Waals surface area contributed by atoms with E-state index >= 15 is 0 Å². The van der Waals surface area contributed by atoms with Crippen molar-refractivity contribution < 1.29 is 8.78 Å². The lowest BCUT2D eigenvalue weighted by molar-refractivity contribution is 0.570. The van der Waals surface area contributed by atoms with Gasteiger partial charge in [-0.3, -0.25) is 4.98 Å². The van der Waals surface area contributed by atoms with Crippen LogP contribution in [0.15, 0.2) is 54.2 Å². The third kappa shape index (κ3) is 2.37. The van der Waals surface area contributed by atoms with Crippen molar-refractivity contribution in [2.75, 3.05) is 0 Å². The van der Waals surface area contributed by atoms with E-state index in [4.69, 9.17) is 0 Å². The summed E-state index contributed by atoms with van der Waals surface area (Å²) >= 11 is 1.55. The molecule has 0 saturated heterocycles. The second-order valence-corrected chi connectivity index (χ2v) is 6.35. The van der Waals surface area contributed by atoms with Crippen LogP contribution in [0.5, 0.6) is 0 Å². The van der Waals surface area contributed by atoms with Gasteiger partial charge in [0, 0.05) is 22.9 Å². The van der Waals surface area contributed by atoms with Gasteiger partial charge in [0.2, 0.25) is 0 Å². The van der Waals surface area contributed by atoms with Crippen molar-refractivity contribution in [3.8, 4) is 22.4 Å². The molecule has 4 aromatic rings. The average Bonchev–Trinajstić information content (AvgIpc) is 3.08. The Morgan fingerprint density at radius 2 is 1.83 bits per heavy atom. The topological polar surface area (TPSA) is 25.8 Å². The number of fused-ring (bicyclic) bond motifs is 1. The van der Waals surface area contributed by atoms with Gasteiger partial charge >= 0.3 is 0 Å². The first kappa shape index (κ1) is 14.9. The standard InChI is InChI=1S/C19H12F2N2S/c1-11-15(20)6-5-14(18(11)21)19-13(3-2-8-22-19)12-4-7-16-17(9-12)24-10-23-16/h2-10H,1H3. The number of pyridine rings is 1. The zero-order valence-corrected chi connectivity index (χ0v) is 13.6. The van der Waals surface area contributed by atoms with Crippen LogP contribution in [0.4, 0.5) is 8.78 Å². The third-order valence-corrected chi connectivity index (χ3v) is 4.82. The first-order valence-corrected chi connectivity index (χ1v) is 8.27. The van der Waals surface area contributed by atoms with Gasteiger partial charge in [0.25, 0.3) is 0 Å². The summed E-state index contributed by atoms with van der Waals surface area (Å²) in [6.45, 7) is 1.43. The highest BCUT2D eigenvalue weighted by molar-refractivity contribution is 7.16. The first-order valence-electron chi connectivity index (χ1n) is 7.39. The summed E-state index contributed by atoms with van der Waals surface area (Å²) < 4.78 is 29.2. The minimum atomic E-state index is -0.575. The van der Waals surface area contributed by atoms with Crippen LogP contribution in [0.3, 0.4) is 0 Å². The number of rotatable bonds is 2. The molecule has 118 valence electrons. The van der Waals surface area contributed by atoms with E-state index in [2.05, 4.69) is 9.97 Å². The fourth-order valence-electron chi connectivity index (χ4n) is 2.72. The van der Waals surface area contributed by atoms with E-state index in [0.717, 1.165) is 21.3 Å². The Balaban J connectivity index is 1.94. The van der Waals surface area contributed by atoms with E-state index in [0.29, 0.717) is 11.3 Å². The monoisotopic (exact) mass is 338 g/mol. The summed E-state index contributed by atoms with van der Waals surface area (Å²) in [4.78, 5) is 8.62. The van der Waals surface area contributed by atoms with Crippen LogP contribution in [0.2, 0.25) is 0 Å². The summed E-state index contributed by atoms with van der Waals surface area (Å²) in [6.07, 6.45) is 1.61. The molecule has 24 heavy (non-hydrogen) atoms. The maximum atomic E-state index is 14.6. The molecule has 0 amide bonds. The molecule has 5 heteroatoms. The van der Waals surface area contributed by atoms with Crippen molar-refractivity contribution in [1.82, 2.24) is 9.97 Å². The molecule has 0 aliphatic carbocycles. The maximum absolute atomic E-state index is 14.6. The van der Waals surface area contributed by atoms with Gasteiger partial charge in [-0.1, -0.05) is 12.1 Å². The van der Waals surface area contributed by atoms with Crippen molar-refractivity contribution in [2.24, 2.45) is 0 Å². The molecular formula is C19H12F2N2S. The highest BCUT2D eigenvalue weighted by Crippen LogP contribution is 2.34. The molecule has 2 heterocycles. The van der Waals surface area contributed by atoms with Crippen molar-refractivity contribution in [2.45, 2.75) is 6.92 Å². The molecule has 0 spiro atoms. The Morgan fingerprint density at radius 3 is 2.71 bits per heavy atom. The van der Waals surface area contributed by atoms with Crippen molar-refractivity contribution in [1.29, 1.82) is 0 Å². The van der Waals surface area contributed by atoms with Gasteiger partial charge in [-0.2, -0.15) is 0 Å². The lowest BCUT2D eigenvalue weighted by Gasteiger charge is -2.11. The van der Waals surface area contributed by atoms with E-state index in [1.807, 2.05) is 30.3 Å². The lowest BCUT2D eigenvalue weighted by atomic mass is 9.97. The number of thiazole rings is 1. The molecule has 0 fully saturated rings. The van der Waals surface area contributed by atoms with Gasteiger partial charge in [-0.15, -0.1) is 11.3 Å². The Labute approximate surface area is 141 Å². The molecule has 0 unspecified atom stereocenters. The second-order valence-electron chi connectivity index (χ2n) is 5.47. The Bertz CT molecular complexity index is 1060. The van der Waals surface area contributed by atoms with E-state index in [1.165, 1.54) is 19.1 Å². The Hall–Kier alpha value is -2.66. The summed E-state index contributed by atoms with van der Waals surface area (Å²) in [6, 6.07) is 12.3. The molecule has 4 rings (SSSR count). The van der Waals surface area contributed by atoms with Crippen LogP contribution in [-0.2, 0) is 0 Å². The fraction of sp³-hybridized carbons (Fsp3) is 0.0526. The predicted molar refractivity (Wildman–Crippen MR) is 92.9 cm³/mol. The van der Waals surface area contributed by atoms with Crippen LogP contribution >= 0.6 is 11.3 Å². The highest BCUT2D eigenvalue weighted by Gasteiger charge is 2.16. The largest absolute Gasteiger partial charge is 0.255 e. The normalized spacial score (nSPS) is 11.1. The number of hydrogen-bond acceptors (Lipinski definition) is 3. The number of nitrogens with zero attached hydrogens (tertiary/aromatic N) is 2. The molecule has 2 nitrogen and oxygen atoms in total. The molecule has 0 N–H and O–H groups in total. The van der Waals surface area contributed by atoms with E-state index < -0.39 is 11.6 Å². The third-order valence-electron chi connectivity index (χ3n) is 4.03. The summed E-state index contributed by atoms with van der Waals surface area (Å²) in [5, 5.41) is 0. The van der Waals surface area contributed by atoms with Gasteiger partial charge in [-0.05, 0) is 42.8 Å². The summed E-state index contributed by atoms with van der Waals surface area (Å²) in [7, 11) is 0. The number of benzene rings is 2. The first-order chi connectivity index (χ1) is 11.6. The smallest absolute Gasteiger partial charge is 0.138 e. The molecular weight excluding hydrogens is 326 g/mol. The second kappa shape index (κ2) is 5.76. The number of aromatic nitrogens is 2. The average molecular weight is 338 g/mol. The van der Waals surface area contributed by atoms with Crippen LogP contribution in [0, 0.1) is 18.6 Å². The van der Waals surface area contributed by atoms with Crippen molar-refractivity contribution >= 4 is 21.6 Å². The quantitative estimate of drug-likeness (QED) is 0.474. The minimum Gasteiger partial charge on any atom is -0.255 e. The number of halogens is 2. The Morgan fingerprint density at radius 1 is 0.958 bits per heavy atom. The molecule has 0 aliphatic heterocycles. The molecule has 0 radical (unpaired) electrons. The van der Waals surface area contributed by atoms with Crippen LogP contribution in [-0.4, -0.2) is 9.97 Å². The zero-order chi connectivity index (χ0) is 16.7. The van der Waals surface area contributed by atoms with Gasteiger partial charge in [0.15, 0.2) is 0 Å². The van der Waals surface area contributed by atoms with Crippen LogP contribution in [0.25, 0.3) is 32.6 Å². The lowest BCUT2D eigenvalue weighted by Crippen LogP contribution is -1.96. The molecule has 0 aliphatic rings. The number of hydrogen-bond donors (Lipinski definition) is 0. The zero-order valence-electron chi connectivity index (χ0n) is 12.8. The van der Waals surface area contributed by atoms with Crippen LogP contribution < -0.4 is 0 Å². The predicted octanol–water partition coefficient (Wildman–Crippen LogP) is 5.61. The van der Waals surface area contributed by atoms with Gasteiger partial charge in [0.05, 0.1) is 21.4 Å². The molecule has 0 atom stereocenters. The molecule has 2 aromatic carbocycles. The van der Waals surface area contributed by atoms with Crippen molar-refractivity contribution in [3.05, 3.63) is 71.4 Å². The van der Waals surface area contributed by atoms with E-state index in [-0.39, 0.29) is 5.56 Å². The summed E-state index contributed by atoms with van der Waals surface area (Å²) in [5.41, 5.74) is 5.26. The van der Waals surface area contributed by atoms with E-state index in [9.17, 15) is 8.78 Å². The van der Waals surface area contributed by atoms with Gasteiger partial charge in [0.1, 0.15) is 11.6 Å². The van der Waals surface area contributed by atoms with Crippen molar-refractivity contribution in [3.63, 3.8) is 0 Å². The van der Waals surface area contributed by atoms with E-state index in [1.54, 1.807) is 23.0 Å². The van der Waals surface area contributed by atoms with Gasteiger partial charge in [-0.25, -0.2) is 13.8 Å². The molecule has 2 aromatic heterocycles. The summed E-state index contributed by atoms with van der Waals surface area (Å²) in [5.74, 6) is -1.13. The maximum Gasteiger partial charge on any atom is 0.138 e. The minimum absolute atomic E-state index is 0.00186. The fourth-order valence-corrected chi connectivity index (χ4v) is 3.44.